The fourth-order valence-corrected chi connectivity index (χ4v) is 4.13. The van der Waals surface area contributed by atoms with Crippen molar-refractivity contribution < 1.29 is 9.59 Å². The molecule has 3 aromatic carbocycles. The van der Waals surface area contributed by atoms with Crippen molar-refractivity contribution >= 4 is 35.0 Å². The number of rotatable bonds is 10. The average molecular weight is 483 g/mol. The molecule has 0 heterocycles. The summed E-state index contributed by atoms with van der Waals surface area (Å²) in [5, 5.41) is 4.01. The van der Waals surface area contributed by atoms with Crippen molar-refractivity contribution in [3.8, 4) is 0 Å². The van der Waals surface area contributed by atoms with Crippen LogP contribution in [0.1, 0.15) is 36.5 Å². The van der Waals surface area contributed by atoms with E-state index in [0.29, 0.717) is 35.9 Å². The fourth-order valence-electron chi connectivity index (χ4n) is 3.66. The molecule has 3 aromatic rings. The lowest BCUT2D eigenvalue weighted by Gasteiger charge is -2.31. The first-order valence-electron chi connectivity index (χ1n) is 11.1. The molecule has 6 heteroatoms. The van der Waals surface area contributed by atoms with Crippen molar-refractivity contribution in [3.63, 3.8) is 0 Å². The third-order valence-electron chi connectivity index (χ3n) is 5.40. The summed E-state index contributed by atoms with van der Waals surface area (Å²) < 4.78 is 0. The van der Waals surface area contributed by atoms with E-state index in [0.717, 1.165) is 16.7 Å². The molecule has 0 fully saturated rings. The number of hydrogen-bond acceptors (Lipinski definition) is 2. The number of carbonyl (C=O) groups excluding carboxylic acids is 2. The number of hydrogen-bond donors (Lipinski definition) is 1. The van der Waals surface area contributed by atoms with Crippen LogP contribution in [0, 0.1) is 0 Å². The molecule has 1 atom stereocenters. The quantitative estimate of drug-likeness (QED) is 0.382. The lowest BCUT2D eigenvalue weighted by molar-refractivity contribution is -0.141. The molecule has 3 rings (SSSR count). The Balaban J connectivity index is 1.87. The molecule has 0 aromatic heterocycles. The van der Waals surface area contributed by atoms with Crippen molar-refractivity contribution in [2.24, 2.45) is 0 Å². The summed E-state index contributed by atoms with van der Waals surface area (Å²) in [6, 6.07) is 24.0. The molecule has 0 spiro atoms. The Morgan fingerprint density at radius 1 is 0.909 bits per heavy atom. The highest BCUT2D eigenvalue weighted by Gasteiger charge is 2.30. The Labute approximate surface area is 205 Å². The van der Waals surface area contributed by atoms with E-state index in [1.165, 1.54) is 0 Å². The summed E-state index contributed by atoms with van der Waals surface area (Å²) in [5.41, 5.74) is 2.74. The van der Waals surface area contributed by atoms with Crippen LogP contribution in [0.25, 0.3) is 0 Å². The second-order valence-corrected chi connectivity index (χ2v) is 8.76. The molecule has 0 aliphatic heterocycles. The first-order chi connectivity index (χ1) is 16.0. The van der Waals surface area contributed by atoms with E-state index < -0.39 is 6.04 Å². The normalized spacial score (nSPS) is 11.6. The molecule has 0 aliphatic rings. The van der Waals surface area contributed by atoms with Gasteiger partial charge >= 0.3 is 0 Å². The Hall–Kier alpha value is -2.82. The Kier molecular flexibility index (Phi) is 9.35. The molecular formula is C27H28Cl2N2O2. The van der Waals surface area contributed by atoms with Gasteiger partial charge in [-0.1, -0.05) is 96.9 Å². The Morgan fingerprint density at radius 2 is 1.55 bits per heavy atom. The zero-order valence-corrected chi connectivity index (χ0v) is 20.1. The van der Waals surface area contributed by atoms with Gasteiger partial charge in [0.15, 0.2) is 0 Å². The van der Waals surface area contributed by atoms with Crippen LogP contribution in [0.3, 0.4) is 0 Å². The van der Waals surface area contributed by atoms with Crippen LogP contribution in [-0.4, -0.2) is 22.8 Å². The van der Waals surface area contributed by atoms with Crippen molar-refractivity contribution in [3.05, 3.63) is 106 Å². The maximum absolute atomic E-state index is 13.5. The van der Waals surface area contributed by atoms with Crippen LogP contribution in [-0.2, 0) is 29.1 Å². The first-order valence-corrected chi connectivity index (χ1v) is 11.8. The van der Waals surface area contributed by atoms with Gasteiger partial charge in [0.25, 0.3) is 0 Å². The zero-order chi connectivity index (χ0) is 23.6. The van der Waals surface area contributed by atoms with Gasteiger partial charge in [0.2, 0.25) is 11.8 Å². The summed E-state index contributed by atoms with van der Waals surface area (Å²) in [4.78, 5) is 28.3. The highest BCUT2D eigenvalue weighted by atomic mass is 35.5. The van der Waals surface area contributed by atoms with Crippen LogP contribution in [0.15, 0.2) is 78.9 Å². The number of halogens is 2. The number of nitrogens with zero attached hydrogens (tertiary/aromatic N) is 1. The first kappa shape index (κ1) is 24.8. The van der Waals surface area contributed by atoms with Gasteiger partial charge in [0.1, 0.15) is 6.04 Å². The monoisotopic (exact) mass is 482 g/mol. The molecule has 1 N–H and O–H groups in total. The topological polar surface area (TPSA) is 49.4 Å². The number of amides is 2. The van der Waals surface area contributed by atoms with Gasteiger partial charge < -0.3 is 10.2 Å². The van der Waals surface area contributed by atoms with Gasteiger partial charge in [-0.15, -0.1) is 0 Å². The van der Waals surface area contributed by atoms with Crippen LogP contribution in [0.5, 0.6) is 0 Å². The highest BCUT2D eigenvalue weighted by molar-refractivity contribution is 6.35. The Morgan fingerprint density at radius 3 is 2.15 bits per heavy atom. The molecule has 172 valence electrons. The van der Waals surface area contributed by atoms with E-state index in [1.807, 2.05) is 67.6 Å². The SMILES string of the molecule is CCCC(=O)N(Cc1ccccc1)C(Cc1ccccc1)C(=O)NCc1ccc(Cl)cc1Cl. The molecular weight excluding hydrogens is 455 g/mol. The summed E-state index contributed by atoms with van der Waals surface area (Å²) in [6.45, 7) is 2.58. The van der Waals surface area contributed by atoms with Crippen molar-refractivity contribution in [1.29, 1.82) is 0 Å². The van der Waals surface area contributed by atoms with Crippen LogP contribution in [0.2, 0.25) is 10.0 Å². The van der Waals surface area contributed by atoms with Gasteiger partial charge in [-0.3, -0.25) is 9.59 Å². The fraction of sp³-hybridized carbons (Fsp3) is 0.259. The second-order valence-electron chi connectivity index (χ2n) is 7.92. The number of benzene rings is 3. The van der Waals surface area contributed by atoms with Crippen molar-refractivity contribution in [1.82, 2.24) is 10.2 Å². The van der Waals surface area contributed by atoms with Crippen LogP contribution in [0.4, 0.5) is 0 Å². The van der Waals surface area contributed by atoms with E-state index in [1.54, 1.807) is 23.1 Å². The molecule has 33 heavy (non-hydrogen) atoms. The van der Waals surface area contributed by atoms with Gasteiger partial charge in [-0.2, -0.15) is 0 Å². The van der Waals surface area contributed by atoms with Crippen LogP contribution < -0.4 is 5.32 Å². The average Bonchev–Trinajstić information content (AvgIpc) is 2.82. The summed E-state index contributed by atoms with van der Waals surface area (Å²) >= 11 is 12.3. The predicted molar refractivity (Wildman–Crippen MR) is 134 cm³/mol. The van der Waals surface area contributed by atoms with Gasteiger partial charge in [0.05, 0.1) is 0 Å². The molecule has 0 saturated heterocycles. The summed E-state index contributed by atoms with van der Waals surface area (Å²) in [5.74, 6) is -0.257. The maximum atomic E-state index is 13.5. The van der Waals surface area contributed by atoms with E-state index in [-0.39, 0.29) is 18.4 Å². The van der Waals surface area contributed by atoms with Gasteiger partial charge in [0, 0.05) is 36.0 Å². The van der Waals surface area contributed by atoms with Crippen molar-refractivity contribution in [2.75, 3.05) is 0 Å². The van der Waals surface area contributed by atoms with E-state index in [9.17, 15) is 9.59 Å². The molecule has 1 unspecified atom stereocenters. The minimum Gasteiger partial charge on any atom is -0.350 e. The van der Waals surface area contributed by atoms with Gasteiger partial charge in [-0.25, -0.2) is 0 Å². The van der Waals surface area contributed by atoms with Crippen LogP contribution >= 0.6 is 23.2 Å². The molecule has 0 bridgehead atoms. The molecule has 0 saturated carbocycles. The Bertz CT molecular complexity index is 1060. The smallest absolute Gasteiger partial charge is 0.243 e. The van der Waals surface area contributed by atoms with E-state index in [2.05, 4.69) is 5.32 Å². The largest absolute Gasteiger partial charge is 0.350 e. The van der Waals surface area contributed by atoms with E-state index in [4.69, 9.17) is 23.2 Å². The second kappa shape index (κ2) is 12.4. The minimum atomic E-state index is -0.655. The zero-order valence-electron chi connectivity index (χ0n) is 18.6. The molecule has 4 nitrogen and oxygen atoms in total. The minimum absolute atomic E-state index is 0.0399. The molecule has 0 aliphatic carbocycles. The maximum Gasteiger partial charge on any atom is 0.243 e. The van der Waals surface area contributed by atoms with E-state index >= 15 is 0 Å². The molecule has 2 amide bonds. The standard InChI is InChI=1S/C27H28Cl2N2O2/c1-2-9-26(32)31(19-21-12-7-4-8-13-21)25(16-20-10-5-3-6-11-20)27(33)30-18-22-14-15-23(28)17-24(22)29/h3-8,10-15,17,25H,2,9,16,18-19H2,1H3,(H,30,33). The van der Waals surface area contributed by atoms with Gasteiger partial charge in [-0.05, 0) is 35.2 Å². The number of carbonyl (C=O) groups is 2. The number of nitrogens with one attached hydrogen (secondary N) is 1. The third kappa shape index (κ3) is 7.34. The molecule has 0 radical (unpaired) electrons. The summed E-state index contributed by atoms with van der Waals surface area (Å²) in [6.07, 6.45) is 1.52. The highest BCUT2D eigenvalue weighted by Crippen LogP contribution is 2.21. The summed E-state index contributed by atoms with van der Waals surface area (Å²) in [7, 11) is 0. The third-order valence-corrected chi connectivity index (χ3v) is 5.99. The lowest BCUT2D eigenvalue weighted by Crippen LogP contribution is -2.50. The van der Waals surface area contributed by atoms with Crippen molar-refractivity contribution in [2.45, 2.75) is 45.3 Å². The predicted octanol–water partition coefficient (Wildman–Crippen LogP) is 6.05. The lowest BCUT2D eigenvalue weighted by atomic mass is 10.0.